The van der Waals surface area contributed by atoms with Gasteiger partial charge in [-0.05, 0) is 30.7 Å². The first-order valence-electron chi connectivity index (χ1n) is 3.91. The third kappa shape index (κ3) is 3.28. The van der Waals surface area contributed by atoms with Crippen LogP contribution in [-0.2, 0) is 10.2 Å². The van der Waals surface area contributed by atoms with Gasteiger partial charge in [0.15, 0.2) is 0 Å². The fourth-order valence-electron chi connectivity index (χ4n) is 1.00. The standard InChI is InChI=1S/C8H11BrN2O2S/c1-6-3-7(9)5-8(4-6)11-14(12,13)10-2/h3-5,10-11H,1-2H3. The Morgan fingerprint density at radius 1 is 1.29 bits per heavy atom. The molecule has 0 saturated heterocycles. The van der Waals surface area contributed by atoms with Crippen LogP contribution in [0.1, 0.15) is 5.56 Å². The molecule has 0 aliphatic heterocycles. The first-order valence-corrected chi connectivity index (χ1v) is 6.19. The van der Waals surface area contributed by atoms with E-state index in [0.29, 0.717) is 5.69 Å². The third-order valence-electron chi connectivity index (χ3n) is 1.56. The van der Waals surface area contributed by atoms with Gasteiger partial charge in [0, 0.05) is 11.5 Å². The molecule has 0 bridgehead atoms. The number of hydrogen-bond donors (Lipinski definition) is 2. The summed E-state index contributed by atoms with van der Waals surface area (Å²) in [7, 11) is -2.07. The van der Waals surface area contributed by atoms with Gasteiger partial charge in [-0.25, -0.2) is 4.72 Å². The van der Waals surface area contributed by atoms with Gasteiger partial charge in [0.2, 0.25) is 0 Å². The Morgan fingerprint density at radius 3 is 2.43 bits per heavy atom. The predicted octanol–water partition coefficient (Wildman–Crippen LogP) is 1.63. The second-order valence-electron chi connectivity index (χ2n) is 2.83. The van der Waals surface area contributed by atoms with Crippen molar-refractivity contribution in [3.05, 3.63) is 28.2 Å². The van der Waals surface area contributed by atoms with Crippen LogP contribution in [0.4, 0.5) is 5.69 Å². The van der Waals surface area contributed by atoms with Crippen LogP contribution in [0.25, 0.3) is 0 Å². The Labute approximate surface area is 92.0 Å². The van der Waals surface area contributed by atoms with Gasteiger partial charge in [0.1, 0.15) is 0 Å². The zero-order valence-corrected chi connectivity index (χ0v) is 10.2. The minimum absolute atomic E-state index is 0.534. The van der Waals surface area contributed by atoms with Crippen molar-refractivity contribution >= 4 is 31.8 Å². The van der Waals surface area contributed by atoms with E-state index in [1.54, 1.807) is 12.1 Å². The molecule has 0 amide bonds. The van der Waals surface area contributed by atoms with Crippen LogP contribution in [0.15, 0.2) is 22.7 Å². The summed E-state index contributed by atoms with van der Waals surface area (Å²) in [5.41, 5.74) is 1.51. The van der Waals surface area contributed by atoms with Crippen molar-refractivity contribution < 1.29 is 8.42 Å². The van der Waals surface area contributed by atoms with Crippen molar-refractivity contribution in [3.63, 3.8) is 0 Å². The maximum atomic E-state index is 11.2. The molecule has 6 heteroatoms. The van der Waals surface area contributed by atoms with Gasteiger partial charge >= 0.3 is 0 Å². The number of nitrogens with one attached hydrogen (secondary N) is 2. The van der Waals surface area contributed by atoms with E-state index in [-0.39, 0.29) is 0 Å². The molecule has 1 aromatic carbocycles. The molecule has 14 heavy (non-hydrogen) atoms. The molecule has 0 atom stereocenters. The van der Waals surface area contributed by atoms with Crippen LogP contribution in [0.3, 0.4) is 0 Å². The average Bonchev–Trinajstić information content (AvgIpc) is 2.01. The lowest BCUT2D eigenvalue weighted by molar-refractivity contribution is 0.593. The zero-order valence-electron chi connectivity index (χ0n) is 7.83. The van der Waals surface area contributed by atoms with Crippen LogP contribution in [0, 0.1) is 6.92 Å². The van der Waals surface area contributed by atoms with Gasteiger partial charge in [-0.2, -0.15) is 8.42 Å². The van der Waals surface area contributed by atoms with Crippen molar-refractivity contribution in [2.45, 2.75) is 6.92 Å². The van der Waals surface area contributed by atoms with E-state index in [0.717, 1.165) is 10.0 Å². The van der Waals surface area contributed by atoms with E-state index in [9.17, 15) is 8.42 Å². The Bertz CT molecular complexity index is 411. The van der Waals surface area contributed by atoms with Gasteiger partial charge in [-0.3, -0.25) is 4.72 Å². The van der Waals surface area contributed by atoms with E-state index in [1.807, 2.05) is 13.0 Å². The van der Waals surface area contributed by atoms with Crippen molar-refractivity contribution in [3.8, 4) is 0 Å². The smallest absolute Gasteiger partial charge is 0.271 e. The van der Waals surface area contributed by atoms with E-state index < -0.39 is 10.2 Å². The van der Waals surface area contributed by atoms with Crippen LogP contribution in [0.5, 0.6) is 0 Å². The van der Waals surface area contributed by atoms with Crippen molar-refractivity contribution in [1.82, 2.24) is 4.72 Å². The lowest BCUT2D eigenvalue weighted by Gasteiger charge is -2.07. The normalized spacial score (nSPS) is 11.4. The van der Waals surface area contributed by atoms with Gasteiger partial charge < -0.3 is 0 Å². The maximum Gasteiger partial charge on any atom is 0.298 e. The highest BCUT2D eigenvalue weighted by atomic mass is 79.9. The highest BCUT2D eigenvalue weighted by Crippen LogP contribution is 2.19. The predicted molar refractivity (Wildman–Crippen MR) is 60.5 cm³/mol. The van der Waals surface area contributed by atoms with Crippen LogP contribution >= 0.6 is 15.9 Å². The summed E-state index contributed by atoms with van der Waals surface area (Å²) in [6.07, 6.45) is 0. The molecule has 78 valence electrons. The summed E-state index contributed by atoms with van der Waals surface area (Å²) in [5.74, 6) is 0. The van der Waals surface area contributed by atoms with Crippen molar-refractivity contribution in [1.29, 1.82) is 0 Å². The number of aryl methyl sites for hydroxylation is 1. The lowest BCUT2D eigenvalue weighted by Crippen LogP contribution is -2.26. The molecule has 0 fully saturated rings. The van der Waals surface area contributed by atoms with Crippen LogP contribution in [0.2, 0.25) is 0 Å². The Morgan fingerprint density at radius 2 is 1.93 bits per heavy atom. The summed E-state index contributed by atoms with van der Waals surface area (Å²) in [4.78, 5) is 0. The molecule has 0 radical (unpaired) electrons. The second kappa shape index (κ2) is 4.29. The summed E-state index contributed by atoms with van der Waals surface area (Å²) in [5, 5.41) is 0. The number of benzene rings is 1. The minimum atomic E-state index is -3.43. The summed E-state index contributed by atoms with van der Waals surface area (Å²) in [6, 6.07) is 5.35. The van der Waals surface area contributed by atoms with Crippen LogP contribution in [-0.4, -0.2) is 15.5 Å². The molecule has 0 aromatic heterocycles. The molecule has 1 aromatic rings. The Balaban J connectivity index is 2.98. The van der Waals surface area contributed by atoms with E-state index in [4.69, 9.17) is 0 Å². The Kier molecular flexibility index (Phi) is 3.52. The van der Waals surface area contributed by atoms with Gasteiger partial charge in [-0.15, -0.1) is 0 Å². The number of rotatable bonds is 3. The topological polar surface area (TPSA) is 58.2 Å². The molecule has 0 aliphatic rings. The first kappa shape index (κ1) is 11.5. The highest BCUT2D eigenvalue weighted by Gasteiger charge is 2.06. The number of hydrogen-bond acceptors (Lipinski definition) is 2. The molecule has 2 N–H and O–H groups in total. The Hall–Kier alpha value is -0.590. The fourth-order valence-corrected chi connectivity index (χ4v) is 2.14. The van der Waals surface area contributed by atoms with Gasteiger partial charge in [0.25, 0.3) is 10.2 Å². The summed E-state index contributed by atoms with van der Waals surface area (Å²) >= 11 is 3.29. The third-order valence-corrected chi connectivity index (χ3v) is 3.06. The molecule has 0 heterocycles. The number of halogens is 1. The molecular formula is C8H11BrN2O2S. The molecule has 0 aliphatic carbocycles. The molecule has 0 saturated carbocycles. The number of anilines is 1. The van der Waals surface area contributed by atoms with Crippen LogP contribution < -0.4 is 9.44 Å². The second-order valence-corrected chi connectivity index (χ2v) is 5.36. The highest BCUT2D eigenvalue weighted by molar-refractivity contribution is 9.10. The zero-order chi connectivity index (χ0) is 10.8. The van der Waals surface area contributed by atoms with E-state index in [2.05, 4.69) is 25.4 Å². The monoisotopic (exact) mass is 278 g/mol. The lowest BCUT2D eigenvalue weighted by atomic mass is 10.2. The van der Waals surface area contributed by atoms with E-state index in [1.165, 1.54) is 7.05 Å². The quantitative estimate of drug-likeness (QED) is 0.883. The maximum absolute atomic E-state index is 11.2. The first-order chi connectivity index (χ1) is 6.43. The van der Waals surface area contributed by atoms with E-state index >= 15 is 0 Å². The molecule has 0 spiro atoms. The van der Waals surface area contributed by atoms with Crippen molar-refractivity contribution in [2.24, 2.45) is 0 Å². The van der Waals surface area contributed by atoms with Gasteiger partial charge in [0.05, 0.1) is 5.69 Å². The molecular weight excluding hydrogens is 268 g/mol. The summed E-state index contributed by atoms with van der Waals surface area (Å²) < 4.78 is 27.7. The fraction of sp³-hybridized carbons (Fsp3) is 0.250. The minimum Gasteiger partial charge on any atom is -0.271 e. The van der Waals surface area contributed by atoms with Crippen molar-refractivity contribution in [2.75, 3.05) is 11.8 Å². The SMILES string of the molecule is CNS(=O)(=O)Nc1cc(C)cc(Br)c1. The largest absolute Gasteiger partial charge is 0.298 e. The molecule has 4 nitrogen and oxygen atoms in total. The molecule has 1 rings (SSSR count). The van der Waals surface area contributed by atoms with Gasteiger partial charge in [-0.1, -0.05) is 15.9 Å². The molecule has 0 unspecified atom stereocenters. The summed E-state index contributed by atoms with van der Waals surface area (Å²) in [6.45, 7) is 1.89. The average molecular weight is 279 g/mol.